The summed E-state index contributed by atoms with van der Waals surface area (Å²) in [4.78, 5) is 4.35. The van der Waals surface area contributed by atoms with Crippen LogP contribution in [0.15, 0.2) is 30.3 Å². The smallest absolute Gasteiger partial charge is 0.205 e. The van der Waals surface area contributed by atoms with Gasteiger partial charge in [-0.2, -0.15) is 0 Å². The molecule has 0 aliphatic heterocycles. The maximum Gasteiger partial charge on any atom is 0.205 e. The molecule has 0 saturated heterocycles. The van der Waals surface area contributed by atoms with E-state index in [9.17, 15) is 4.39 Å². The van der Waals surface area contributed by atoms with E-state index in [1.165, 1.54) is 23.6 Å². The summed E-state index contributed by atoms with van der Waals surface area (Å²) in [6.45, 7) is 0. The van der Waals surface area contributed by atoms with Gasteiger partial charge in [-0.1, -0.05) is 6.07 Å². The second-order valence-electron chi connectivity index (χ2n) is 5.37. The first-order valence-corrected chi connectivity index (χ1v) is 7.96. The molecule has 2 N–H and O–H groups in total. The van der Waals surface area contributed by atoms with Crippen molar-refractivity contribution in [3.8, 4) is 5.69 Å². The van der Waals surface area contributed by atoms with E-state index < -0.39 is 0 Å². The normalized spacial score (nSPS) is 13.8. The zero-order chi connectivity index (χ0) is 14.6. The summed E-state index contributed by atoms with van der Waals surface area (Å²) in [6.07, 6.45) is 3.44. The average molecular weight is 393 g/mol. The lowest BCUT2D eigenvalue weighted by atomic mass is 10.1. The van der Waals surface area contributed by atoms with Crippen molar-refractivity contribution in [2.45, 2.75) is 19.3 Å². The molecule has 1 aromatic heterocycles. The molecule has 1 aliphatic carbocycles. The largest absolute Gasteiger partial charge is 0.369 e. The molecular formula is C16H13FIN3. The second kappa shape index (κ2) is 4.69. The van der Waals surface area contributed by atoms with Gasteiger partial charge in [0.2, 0.25) is 5.95 Å². The number of hydrogen-bond donors (Lipinski definition) is 1. The van der Waals surface area contributed by atoms with Crippen LogP contribution in [0.5, 0.6) is 0 Å². The molecule has 0 atom stereocenters. The Hall–Kier alpha value is -1.63. The molecule has 0 bridgehead atoms. The van der Waals surface area contributed by atoms with Crippen LogP contribution in [-0.4, -0.2) is 9.55 Å². The first-order valence-electron chi connectivity index (χ1n) is 6.88. The second-order valence-corrected chi connectivity index (χ2v) is 6.53. The first-order chi connectivity index (χ1) is 10.1. The molecule has 1 aliphatic rings. The Morgan fingerprint density at radius 3 is 2.81 bits per heavy atom. The molecule has 3 nitrogen and oxygen atoms in total. The minimum atomic E-state index is -0.245. The van der Waals surface area contributed by atoms with Gasteiger partial charge in [-0.15, -0.1) is 0 Å². The van der Waals surface area contributed by atoms with Crippen LogP contribution in [0.4, 0.5) is 10.3 Å². The molecule has 5 heteroatoms. The van der Waals surface area contributed by atoms with Crippen LogP contribution < -0.4 is 5.73 Å². The van der Waals surface area contributed by atoms with Gasteiger partial charge in [0.15, 0.2) is 0 Å². The van der Waals surface area contributed by atoms with E-state index in [4.69, 9.17) is 5.73 Å². The van der Waals surface area contributed by atoms with Gasteiger partial charge in [0, 0.05) is 11.8 Å². The number of nitrogens with two attached hydrogens (primary N) is 1. The summed E-state index contributed by atoms with van der Waals surface area (Å²) in [5.41, 5.74) is 11.2. The Morgan fingerprint density at radius 2 is 1.95 bits per heavy atom. The van der Waals surface area contributed by atoms with Crippen LogP contribution in [0.3, 0.4) is 0 Å². The zero-order valence-electron chi connectivity index (χ0n) is 11.2. The number of rotatable bonds is 1. The summed E-state index contributed by atoms with van der Waals surface area (Å²) >= 11 is 1.97. The van der Waals surface area contributed by atoms with E-state index in [0.29, 0.717) is 15.0 Å². The number of anilines is 1. The van der Waals surface area contributed by atoms with Crippen LogP contribution in [0.25, 0.3) is 16.7 Å². The third-order valence-corrected chi connectivity index (χ3v) is 4.89. The lowest BCUT2D eigenvalue weighted by Gasteiger charge is -2.09. The highest BCUT2D eigenvalue weighted by Crippen LogP contribution is 2.29. The standard InChI is InChI=1S/C16H13FIN3/c17-12-7-15-14(8-13(12)18)20-16(19)21(15)11-5-4-9-2-1-3-10(9)6-11/h4-8H,1-3H2,(H2,19,20). The minimum absolute atomic E-state index is 0.245. The number of nitrogens with zero attached hydrogens (tertiary/aromatic N) is 2. The van der Waals surface area contributed by atoms with E-state index in [1.807, 2.05) is 33.2 Å². The Labute approximate surface area is 135 Å². The van der Waals surface area contributed by atoms with Crippen molar-refractivity contribution < 1.29 is 4.39 Å². The van der Waals surface area contributed by atoms with Crippen LogP contribution in [-0.2, 0) is 12.8 Å². The Balaban J connectivity index is 1.97. The lowest BCUT2D eigenvalue weighted by molar-refractivity contribution is 0.622. The van der Waals surface area contributed by atoms with Crippen molar-refractivity contribution in [2.75, 3.05) is 5.73 Å². The Morgan fingerprint density at radius 1 is 1.14 bits per heavy atom. The van der Waals surface area contributed by atoms with Crippen LogP contribution in [0, 0.1) is 9.39 Å². The molecule has 106 valence electrons. The Kier molecular flexibility index (Phi) is 2.92. The molecule has 0 amide bonds. The molecule has 3 aromatic rings. The highest BCUT2D eigenvalue weighted by atomic mass is 127. The van der Waals surface area contributed by atoms with Crippen LogP contribution >= 0.6 is 22.6 Å². The summed E-state index contributed by atoms with van der Waals surface area (Å²) in [5, 5.41) is 0. The van der Waals surface area contributed by atoms with E-state index in [0.717, 1.165) is 24.0 Å². The number of halogens is 2. The molecule has 0 fully saturated rings. The van der Waals surface area contributed by atoms with Crippen molar-refractivity contribution in [1.29, 1.82) is 0 Å². The van der Waals surface area contributed by atoms with Gasteiger partial charge in [-0.3, -0.25) is 4.57 Å². The average Bonchev–Trinajstić information content (AvgIpc) is 3.02. The molecule has 0 radical (unpaired) electrons. The number of fused-ring (bicyclic) bond motifs is 2. The van der Waals surface area contributed by atoms with E-state index in [-0.39, 0.29) is 5.82 Å². The fourth-order valence-corrected chi connectivity index (χ4v) is 3.51. The topological polar surface area (TPSA) is 43.8 Å². The molecule has 0 unspecified atom stereocenters. The SMILES string of the molecule is Nc1nc2cc(I)c(F)cc2n1-c1ccc2c(c1)CCC2. The highest BCUT2D eigenvalue weighted by molar-refractivity contribution is 14.1. The van der Waals surface area contributed by atoms with Crippen LogP contribution in [0.1, 0.15) is 17.5 Å². The summed E-state index contributed by atoms with van der Waals surface area (Å²) in [5.74, 6) is 0.148. The number of aromatic nitrogens is 2. The molecule has 0 saturated carbocycles. The molecule has 4 rings (SSSR count). The zero-order valence-corrected chi connectivity index (χ0v) is 13.4. The van der Waals surface area contributed by atoms with E-state index in [2.05, 4.69) is 17.1 Å². The Bertz CT molecular complexity index is 870. The quantitative estimate of drug-likeness (QED) is 0.639. The molecule has 2 aromatic carbocycles. The minimum Gasteiger partial charge on any atom is -0.369 e. The number of hydrogen-bond acceptors (Lipinski definition) is 2. The van der Waals surface area contributed by atoms with Crippen LogP contribution in [0.2, 0.25) is 0 Å². The van der Waals surface area contributed by atoms with Crippen molar-refractivity contribution in [1.82, 2.24) is 9.55 Å². The van der Waals surface area contributed by atoms with Gasteiger partial charge >= 0.3 is 0 Å². The number of nitrogen functional groups attached to an aromatic ring is 1. The predicted octanol–water partition coefficient (Wildman–Crippen LogP) is 3.84. The summed E-state index contributed by atoms with van der Waals surface area (Å²) in [7, 11) is 0. The van der Waals surface area contributed by atoms with E-state index >= 15 is 0 Å². The van der Waals surface area contributed by atoms with Gasteiger partial charge < -0.3 is 5.73 Å². The van der Waals surface area contributed by atoms with Gasteiger partial charge in [0.05, 0.1) is 14.6 Å². The fourth-order valence-electron chi connectivity index (χ4n) is 3.06. The maximum absolute atomic E-state index is 13.9. The van der Waals surface area contributed by atoms with Gasteiger partial charge in [-0.25, -0.2) is 9.37 Å². The molecular weight excluding hydrogens is 380 g/mol. The third-order valence-electron chi connectivity index (χ3n) is 4.06. The fraction of sp³-hybridized carbons (Fsp3) is 0.188. The van der Waals surface area contributed by atoms with Crippen molar-refractivity contribution in [2.24, 2.45) is 0 Å². The molecule has 1 heterocycles. The number of benzene rings is 2. The monoisotopic (exact) mass is 393 g/mol. The third kappa shape index (κ3) is 2.02. The van der Waals surface area contributed by atoms with Crippen molar-refractivity contribution >= 4 is 39.6 Å². The molecule has 0 spiro atoms. The number of imidazole rings is 1. The molecule has 21 heavy (non-hydrogen) atoms. The first kappa shape index (κ1) is 13.1. The van der Waals surface area contributed by atoms with Gasteiger partial charge in [0.1, 0.15) is 5.82 Å². The van der Waals surface area contributed by atoms with Gasteiger partial charge in [0.25, 0.3) is 0 Å². The predicted molar refractivity (Wildman–Crippen MR) is 90.2 cm³/mol. The summed E-state index contributed by atoms with van der Waals surface area (Å²) < 4.78 is 16.3. The summed E-state index contributed by atoms with van der Waals surface area (Å²) in [6, 6.07) is 9.57. The highest BCUT2D eigenvalue weighted by Gasteiger charge is 2.16. The number of aryl methyl sites for hydroxylation is 2. The van der Waals surface area contributed by atoms with E-state index in [1.54, 1.807) is 6.07 Å². The van der Waals surface area contributed by atoms with Crippen molar-refractivity contribution in [3.63, 3.8) is 0 Å². The van der Waals surface area contributed by atoms with Crippen molar-refractivity contribution in [3.05, 3.63) is 50.8 Å². The lowest BCUT2D eigenvalue weighted by Crippen LogP contribution is -2.01. The maximum atomic E-state index is 13.9. The van der Waals surface area contributed by atoms with Gasteiger partial charge in [-0.05, 0) is 71.2 Å².